The predicted octanol–water partition coefficient (Wildman–Crippen LogP) is 3.91. The summed E-state index contributed by atoms with van der Waals surface area (Å²) in [6.07, 6.45) is 1.22. The lowest BCUT2D eigenvalue weighted by Crippen LogP contribution is -2.63. The molecule has 1 unspecified atom stereocenters. The Hall–Kier alpha value is -0.0800. The molecule has 1 rings (SSSR count). The molecule has 19 heavy (non-hydrogen) atoms. The molecule has 0 aromatic rings. The van der Waals surface area contributed by atoms with E-state index >= 15 is 0 Å². The Kier molecular flexibility index (Phi) is 4.23. The Bertz CT molecular complexity index is 326. The maximum Gasteiger partial charge on any atom is 0.0221 e. The summed E-state index contributed by atoms with van der Waals surface area (Å²) < 4.78 is 0. The first-order valence-corrected chi connectivity index (χ1v) is 7.79. The molecule has 114 valence electrons. The SMILES string of the molecule is CCNC1CC(C)(C)C(C)(C)N(C)C(C)(C)C1(C)C. The van der Waals surface area contributed by atoms with Gasteiger partial charge in [0.2, 0.25) is 0 Å². The highest BCUT2D eigenvalue weighted by Crippen LogP contribution is 2.53. The molecule has 0 amide bonds. The predicted molar refractivity (Wildman–Crippen MR) is 85.6 cm³/mol. The fourth-order valence-corrected chi connectivity index (χ4v) is 3.60. The maximum atomic E-state index is 3.76. The number of rotatable bonds is 2. The van der Waals surface area contributed by atoms with Crippen LogP contribution in [0, 0.1) is 10.8 Å². The van der Waals surface area contributed by atoms with E-state index in [1.807, 2.05) is 0 Å². The lowest BCUT2D eigenvalue weighted by Gasteiger charge is -2.55. The van der Waals surface area contributed by atoms with Gasteiger partial charge in [0.1, 0.15) is 0 Å². The van der Waals surface area contributed by atoms with Gasteiger partial charge in [-0.1, -0.05) is 34.6 Å². The third-order valence-corrected chi connectivity index (χ3v) is 6.95. The van der Waals surface area contributed by atoms with Crippen LogP contribution in [0.1, 0.15) is 68.7 Å². The summed E-state index contributed by atoms with van der Waals surface area (Å²) in [6.45, 7) is 22.6. The van der Waals surface area contributed by atoms with E-state index < -0.39 is 0 Å². The van der Waals surface area contributed by atoms with Gasteiger partial charge in [0.05, 0.1) is 0 Å². The standard InChI is InChI=1S/C17H36N2/c1-11-18-13-12-14(2,3)16(6,7)19(10)17(8,9)15(13,4)5/h13,18H,11-12H2,1-10H3. The van der Waals surface area contributed by atoms with Gasteiger partial charge in [0.15, 0.2) is 0 Å². The number of likely N-dealkylation sites (tertiary alicyclic amines) is 1. The quantitative estimate of drug-likeness (QED) is 0.817. The van der Waals surface area contributed by atoms with E-state index in [0.29, 0.717) is 6.04 Å². The second-order valence-corrected chi connectivity index (χ2v) is 8.60. The maximum absolute atomic E-state index is 3.76. The molecule has 1 atom stereocenters. The molecule has 1 aliphatic rings. The second-order valence-electron chi connectivity index (χ2n) is 8.60. The molecular weight excluding hydrogens is 232 g/mol. The Morgan fingerprint density at radius 2 is 1.42 bits per heavy atom. The summed E-state index contributed by atoms with van der Waals surface area (Å²) in [5.41, 5.74) is 0.831. The van der Waals surface area contributed by atoms with Gasteiger partial charge in [0.25, 0.3) is 0 Å². The molecular formula is C17H36N2. The van der Waals surface area contributed by atoms with Crippen molar-refractivity contribution in [1.82, 2.24) is 10.2 Å². The molecule has 0 aromatic carbocycles. The van der Waals surface area contributed by atoms with Gasteiger partial charge in [-0.05, 0) is 58.5 Å². The van der Waals surface area contributed by atoms with Gasteiger partial charge < -0.3 is 5.32 Å². The molecule has 0 bridgehead atoms. The van der Waals surface area contributed by atoms with E-state index in [4.69, 9.17) is 0 Å². The molecule has 1 aliphatic heterocycles. The first-order chi connectivity index (χ1) is 8.32. The van der Waals surface area contributed by atoms with Crippen LogP contribution in [0.3, 0.4) is 0 Å². The average Bonchev–Trinajstić information content (AvgIpc) is 2.27. The lowest BCUT2D eigenvalue weighted by molar-refractivity contribution is -0.0558. The molecule has 1 fully saturated rings. The molecule has 0 radical (unpaired) electrons. The topological polar surface area (TPSA) is 15.3 Å². The van der Waals surface area contributed by atoms with Gasteiger partial charge in [-0.3, -0.25) is 4.90 Å². The van der Waals surface area contributed by atoms with Gasteiger partial charge in [0, 0.05) is 17.1 Å². The van der Waals surface area contributed by atoms with Crippen LogP contribution < -0.4 is 5.32 Å². The summed E-state index contributed by atoms with van der Waals surface area (Å²) in [4.78, 5) is 2.61. The van der Waals surface area contributed by atoms with Gasteiger partial charge in [-0.2, -0.15) is 0 Å². The van der Waals surface area contributed by atoms with Crippen LogP contribution in [0.5, 0.6) is 0 Å². The van der Waals surface area contributed by atoms with Gasteiger partial charge >= 0.3 is 0 Å². The number of nitrogens with one attached hydrogen (secondary N) is 1. The van der Waals surface area contributed by atoms with Crippen molar-refractivity contribution >= 4 is 0 Å². The van der Waals surface area contributed by atoms with E-state index in [-0.39, 0.29) is 21.9 Å². The van der Waals surface area contributed by atoms with Crippen molar-refractivity contribution in [1.29, 1.82) is 0 Å². The second kappa shape index (κ2) is 4.73. The number of hydrogen-bond donors (Lipinski definition) is 1. The fourth-order valence-electron chi connectivity index (χ4n) is 3.60. The van der Waals surface area contributed by atoms with E-state index in [0.717, 1.165) is 6.54 Å². The first-order valence-electron chi connectivity index (χ1n) is 7.79. The summed E-state index contributed by atoms with van der Waals surface area (Å²) >= 11 is 0. The zero-order valence-electron chi connectivity index (χ0n) is 14.9. The molecule has 1 saturated heterocycles. The Morgan fingerprint density at radius 1 is 0.947 bits per heavy atom. The third kappa shape index (κ3) is 2.35. The van der Waals surface area contributed by atoms with Crippen molar-refractivity contribution in [3.63, 3.8) is 0 Å². The van der Waals surface area contributed by atoms with E-state index in [9.17, 15) is 0 Å². The van der Waals surface area contributed by atoms with Crippen LogP contribution in [0.15, 0.2) is 0 Å². The van der Waals surface area contributed by atoms with Crippen LogP contribution >= 0.6 is 0 Å². The van der Waals surface area contributed by atoms with Crippen LogP contribution in [-0.4, -0.2) is 35.6 Å². The summed E-state index contributed by atoms with van der Waals surface area (Å²) in [6, 6.07) is 0.548. The van der Waals surface area contributed by atoms with Crippen LogP contribution in [0.2, 0.25) is 0 Å². The molecule has 0 saturated carbocycles. The molecule has 0 spiro atoms. The molecule has 1 heterocycles. The Morgan fingerprint density at radius 3 is 1.84 bits per heavy atom. The van der Waals surface area contributed by atoms with Crippen molar-refractivity contribution in [3.05, 3.63) is 0 Å². The van der Waals surface area contributed by atoms with Crippen LogP contribution in [0.4, 0.5) is 0 Å². The number of nitrogens with zero attached hydrogens (tertiary/aromatic N) is 1. The van der Waals surface area contributed by atoms with Gasteiger partial charge in [-0.25, -0.2) is 0 Å². The third-order valence-electron chi connectivity index (χ3n) is 6.95. The molecule has 2 nitrogen and oxygen atoms in total. The minimum atomic E-state index is 0.150. The zero-order valence-corrected chi connectivity index (χ0v) is 14.9. The fraction of sp³-hybridized carbons (Fsp3) is 1.00. The normalized spacial score (nSPS) is 32.8. The van der Waals surface area contributed by atoms with Crippen LogP contribution in [0.25, 0.3) is 0 Å². The minimum absolute atomic E-state index is 0.150. The van der Waals surface area contributed by atoms with Crippen molar-refractivity contribution in [3.8, 4) is 0 Å². The summed E-state index contributed by atoms with van der Waals surface area (Å²) in [7, 11) is 2.30. The molecule has 0 aromatic heterocycles. The lowest BCUT2D eigenvalue weighted by atomic mass is 9.66. The minimum Gasteiger partial charge on any atom is -0.314 e. The summed E-state index contributed by atoms with van der Waals surface area (Å²) in [5, 5.41) is 3.76. The van der Waals surface area contributed by atoms with Crippen molar-refractivity contribution in [2.75, 3.05) is 13.6 Å². The smallest absolute Gasteiger partial charge is 0.0221 e. The van der Waals surface area contributed by atoms with Crippen molar-refractivity contribution in [2.45, 2.75) is 85.9 Å². The van der Waals surface area contributed by atoms with E-state index in [1.54, 1.807) is 0 Å². The van der Waals surface area contributed by atoms with E-state index in [2.05, 4.69) is 79.6 Å². The Labute approximate surface area is 121 Å². The largest absolute Gasteiger partial charge is 0.314 e. The average molecular weight is 268 g/mol. The van der Waals surface area contributed by atoms with Crippen LogP contribution in [-0.2, 0) is 0 Å². The zero-order chi connectivity index (χ0) is 15.3. The van der Waals surface area contributed by atoms with Gasteiger partial charge in [-0.15, -0.1) is 0 Å². The number of hydrogen-bond acceptors (Lipinski definition) is 2. The molecule has 2 heteroatoms. The molecule has 1 N–H and O–H groups in total. The summed E-state index contributed by atoms with van der Waals surface area (Å²) in [5.74, 6) is 0. The highest BCUT2D eigenvalue weighted by atomic mass is 15.3. The Balaban J connectivity index is 3.39. The highest BCUT2D eigenvalue weighted by molar-refractivity contribution is 5.12. The van der Waals surface area contributed by atoms with Crippen molar-refractivity contribution in [2.24, 2.45) is 10.8 Å². The van der Waals surface area contributed by atoms with E-state index in [1.165, 1.54) is 6.42 Å². The van der Waals surface area contributed by atoms with Crippen molar-refractivity contribution < 1.29 is 0 Å². The molecule has 0 aliphatic carbocycles. The monoisotopic (exact) mass is 268 g/mol. The first kappa shape index (κ1) is 17.0. The highest BCUT2D eigenvalue weighted by Gasteiger charge is 2.57.